The molecule has 23 heavy (non-hydrogen) atoms. The molecule has 2 aromatic carbocycles. The van der Waals surface area contributed by atoms with Crippen LogP contribution in [-0.2, 0) is 6.42 Å². The fraction of sp³-hybridized carbons (Fsp3) is 0.304. The predicted molar refractivity (Wildman–Crippen MR) is 102 cm³/mol. The first-order chi connectivity index (χ1) is 11.3. The molecule has 0 spiro atoms. The zero-order valence-corrected chi connectivity index (χ0v) is 14.2. The predicted octanol–water partition coefficient (Wildman–Crippen LogP) is 6.71. The van der Waals surface area contributed by atoms with E-state index in [4.69, 9.17) is 0 Å². The quantitative estimate of drug-likeness (QED) is 0.452. The van der Waals surface area contributed by atoms with E-state index < -0.39 is 0 Å². The average molecular weight is 304 g/mol. The molecule has 1 atom stereocenters. The summed E-state index contributed by atoms with van der Waals surface area (Å²) in [4.78, 5) is 0. The Balaban J connectivity index is 1.85. The smallest absolute Gasteiger partial charge is 0.00903 e. The van der Waals surface area contributed by atoms with E-state index in [1.807, 2.05) is 0 Å². The summed E-state index contributed by atoms with van der Waals surface area (Å²) in [6.07, 6.45) is 10.1. The van der Waals surface area contributed by atoms with Gasteiger partial charge in [0.25, 0.3) is 0 Å². The van der Waals surface area contributed by atoms with Gasteiger partial charge in [-0.1, -0.05) is 85.0 Å². The van der Waals surface area contributed by atoms with Gasteiger partial charge in [0.05, 0.1) is 0 Å². The van der Waals surface area contributed by atoms with Crippen molar-refractivity contribution in [3.63, 3.8) is 0 Å². The van der Waals surface area contributed by atoms with Crippen LogP contribution in [0.3, 0.4) is 0 Å². The molecule has 0 aliphatic heterocycles. The normalized spacial score (nSPS) is 12.4. The summed E-state index contributed by atoms with van der Waals surface area (Å²) in [7, 11) is 0. The van der Waals surface area contributed by atoms with Crippen LogP contribution in [-0.4, -0.2) is 0 Å². The Morgan fingerprint density at radius 1 is 1.00 bits per heavy atom. The first-order valence-corrected chi connectivity index (χ1v) is 8.66. The van der Waals surface area contributed by atoms with E-state index >= 15 is 0 Å². The van der Waals surface area contributed by atoms with Crippen LogP contribution in [0, 0.1) is 0 Å². The Hall–Kier alpha value is -2.08. The SMILES string of the molecule is C=C(CCCc1ccccc1)CC(CC=CC)c1ccccc1. The lowest BCUT2D eigenvalue weighted by molar-refractivity contribution is 0.658. The van der Waals surface area contributed by atoms with Crippen LogP contribution < -0.4 is 0 Å². The highest BCUT2D eigenvalue weighted by Crippen LogP contribution is 2.28. The molecule has 0 N–H and O–H groups in total. The van der Waals surface area contributed by atoms with Crippen molar-refractivity contribution in [3.8, 4) is 0 Å². The minimum atomic E-state index is 0.552. The van der Waals surface area contributed by atoms with E-state index in [2.05, 4.69) is 86.3 Å². The Kier molecular flexibility index (Phi) is 7.39. The van der Waals surface area contributed by atoms with Crippen molar-refractivity contribution >= 4 is 0 Å². The highest BCUT2D eigenvalue weighted by atomic mass is 14.2. The van der Waals surface area contributed by atoms with Gasteiger partial charge in [-0.2, -0.15) is 0 Å². The highest BCUT2D eigenvalue weighted by Gasteiger charge is 2.11. The van der Waals surface area contributed by atoms with E-state index in [9.17, 15) is 0 Å². The standard InChI is InChI=1S/C23H28/c1-3-4-16-23(22-17-9-6-10-18-22)19-20(2)12-11-15-21-13-7-5-8-14-21/h3-10,13-14,17-18,23H,2,11-12,15-16,19H2,1H3. The number of allylic oxidation sites excluding steroid dienone is 3. The van der Waals surface area contributed by atoms with Crippen molar-refractivity contribution in [1.82, 2.24) is 0 Å². The van der Waals surface area contributed by atoms with Crippen molar-refractivity contribution < 1.29 is 0 Å². The van der Waals surface area contributed by atoms with Crippen LogP contribution >= 0.6 is 0 Å². The molecule has 0 aliphatic carbocycles. The van der Waals surface area contributed by atoms with Gasteiger partial charge in [-0.3, -0.25) is 0 Å². The van der Waals surface area contributed by atoms with Crippen LogP contribution in [0.1, 0.15) is 49.7 Å². The molecule has 2 aromatic rings. The van der Waals surface area contributed by atoms with E-state index in [1.54, 1.807) is 0 Å². The number of hydrogen-bond donors (Lipinski definition) is 0. The van der Waals surface area contributed by atoms with Gasteiger partial charge in [-0.15, -0.1) is 0 Å². The largest absolute Gasteiger partial charge is 0.0998 e. The van der Waals surface area contributed by atoms with Gasteiger partial charge < -0.3 is 0 Å². The highest BCUT2D eigenvalue weighted by molar-refractivity contribution is 5.22. The van der Waals surface area contributed by atoms with Gasteiger partial charge in [0.15, 0.2) is 0 Å². The molecule has 2 rings (SSSR count). The van der Waals surface area contributed by atoms with Gasteiger partial charge >= 0.3 is 0 Å². The first kappa shape index (κ1) is 17.3. The second kappa shape index (κ2) is 9.84. The first-order valence-electron chi connectivity index (χ1n) is 8.66. The zero-order chi connectivity index (χ0) is 16.3. The summed E-state index contributed by atoms with van der Waals surface area (Å²) in [5, 5.41) is 0. The monoisotopic (exact) mass is 304 g/mol. The molecule has 0 saturated heterocycles. The van der Waals surface area contributed by atoms with Crippen LogP contribution in [0.2, 0.25) is 0 Å². The van der Waals surface area contributed by atoms with E-state index in [-0.39, 0.29) is 0 Å². The van der Waals surface area contributed by atoms with Crippen LogP contribution in [0.4, 0.5) is 0 Å². The van der Waals surface area contributed by atoms with Gasteiger partial charge in [0, 0.05) is 0 Å². The van der Waals surface area contributed by atoms with Crippen molar-refractivity contribution in [1.29, 1.82) is 0 Å². The lowest BCUT2D eigenvalue weighted by Crippen LogP contribution is -2.00. The van der Waals surface area contributed by atoms with Gasteiger partial charge in [-0.05, 0) is 56.1 Å². The molecule has 0 amide bonds. The molecule has 120 valence electrons. The van der Waals surface area contributed by atoms with Crippen LogP contribution in [0.15, 0.2) is 85.0 Å². The Bertz CT molecular complexity index is 592. The molecule has 0 saturated carbocycles. The summed E-state index contributed by atoms with van der Waals surface area (Å²) in [5.41, 5.74) is 4.22. The molecule has 0 bridgehead atoms. The lowest BCUT2D eigenvalue weighted by Gasteiger charge is -2.17. The van der Waals surface area contributed by atoms with E-state index in [0.29, 0.717) is 5.92 Å². The molecule has 0 radical (unpaired) electrons. The van der Waals surface area contributed by atoms with Gasteiger partial charge in [0.1, 0.15) is 0 Å². The number of aryl methyl sites for hydroxylation is 1. The maximum atomic E-state index is 4.34. The fourth-order valence-corrected chi connectivity index (χ4v) is 3.00. The summed E-state index contributed by atoms with van der Waals surface area (Å²) < 4.78 is 0. The minimum absolute atomic E-state index is 0.552. The third-order valence-electron chi connectivity index (χ3n) is 4.30. The van der Waals surface area contributed by atoms with Gasteiger partial charge in [-0.25, -0.2) is 0 Å². The number of rotatable bonds is 9. The maximum absolute atomic E-state index is 4.34. The number of benzene rings is 2. The molecule has 0 aromatic heterocycles. The second-order valence-corrected chi connectivity index (χ2v) is 6.21. The molecule has 0 heterocycles. The van der Waals surface area contributed by atoms with Crippen molar-refractivity contribution in [2.75, 3.05) is 0 Å². The summed E-state index contributed by atoms with van der Waals surface area (Å²) in [6, 6.07) is 21.6. The number of hydrogen-bond acceptors (Lipinski definition) is 0. The molecule has 0 fully saturated rings. The van der Waals surface area contributed by atoms with Crippen LogP contribution in [0.25, 0.3) is 0 Å². The van der Waals surface area contributed by atoms with Gasteiger partial charge in [0.2, 0.25) is 0 Å². The molecule has 0 aliphatic rings. The minimum Gasteiger partial charge on any atom is -0.0998 e. The Morgan fingerprint density at radius 2 is 1.65 bits per heavy atom. The average Bonchev–Trinajstić information content (AvgIpc) is 2.60. The topological polar surface area (TPSA) is 0 Å². The zero-order valence-electron chi connectivity index (χ0n) is 14.2. The molecular formula is C23H28. The van der Waals surface area contributed by atoms with Crippen molar-refractivity contribution in [2.45, 2.75) is 44.9 Å². The molecule has 0 nitrogen and oxygen atoms in total. The fourth-order valence-electron chi connectivity index (χ4n) is 3.00. The molecule has 0 heteroatoms. The van der Waals surface area contributed by atoms with E-state index in [0.717, 1.165) is 25.7 Å². The Labute approximate surface area is 141 Å². The van der Waals surface area contributed by atoms with Crippen molar-refractivity contribution in [2.24, 2.45) is 0 Å². The molecule has 1 unspecified atom stereocenters. The van der Waals surface area contributed by atoms with Crippen LogP contribution in [0.5, 0.6) is 0 Å². The Morgan fingerprint density at radius 3 is 2.30 bits per heavy atom. The summed E-state index contributed by atoms with van der Waals surface area (Å²) in [5.74, 6) is 0.552. The summed E-state index contributed by atoms with van der Waals surface area (Å²) in [6.45, 7) is 6.43. The second-order valence-electron chi connectivity index (χ2n) is 6.21. The molecular weight excluding hydrogens is 276 g/mol. The van der Waals surface area contributed by atoms with E-state index in [1.165, 1.54) is 23.1 Å². The third kappa shape index (κ3) is 6.28. The summed E-state index contributed by atoms with van der Waals surface area (Å²) >= 11 is 0. The lowest BCUT2D eigenvalue weighted by atomic mass is 9.88. The maximum Gasteiger partial charge on any atom is -0.00903 e. The van der Waals surface area contributed by atoms with Crippen molar-refractivity contribution in [3.05, 3.63) is 96.1 Å². The third-order valence-corrected chi connectivity index (χ3v) is 4.30.